The zero-order valence-corrected chi connectivity index (χ0v) is 68.1. The Morgan fingerprint density at radius 1 is 0.260 bits per heavy atom. The molecule has 0 radical (unpaired) electrons. The molecule has 127 heavy (non-hydrogen) atoms. The number of aromatic nitrogens is 1. The minimum Gasteiger partial charge on any atom is -0.461 e. The third-order valence-corrected chi connectivity index (χ3v) is 27.1. The van der Waals surface area contributed by atoms with E-state index in [1.807, 2.05) is 79.1 Å². The topological polar surface area (TPSA) is 112 Å². The number of nitrogens with zero attached hydrogens (tertiary/aromatic N) is 4. The Morgan fingerprint density at radius 3 is 1.23 bits per heavy atom. The van der Waals surface area contributed by atoms with Crippen molar-refractivity contribution in [3.05, 3.63) is 428 Å². The van der Waals surface area contributed by atoms with E-state index in [2.05, 4.69) is 333 Å². The molecule has 2 unspecified atom stereocenters. The van der Waals surface area contributed by atoms with Crippen molar-refractivity contribution in [3.8, 4) is 125 Å². The predicted molar refractivity (Wildman–Crippen MR) is 520 cm³/mol. The lowest BCUT2D eigenvalue weighted by Gasteiger charge is -2.39. The summed E-state index contributed by atoms with van der Waals surface area (Å²) in [6, 6.07) is 130. The monoisotopic (exact) mass is 1610 g/mol. The van der Waals surface area contributed by atoms with Crippen LogP contribution in [0.25, 0.3) is 213 Å². The third kappa shape index (κ3) is 11.2. The lowest BCUT2D eigenvalue weighted by Crippen LogP contribution is -2.28. The number of rotatable bonds is 6. The molecule has 7 heteroatoms. The molecule has 5 aliphatic rings. The zero-order chi connectivity index (χ0) is 83.8. The number of hydrogen-bond acceptors (Lipinski definition) is 7. The maximum absolute atomic E-state index is 9.44. The molecular weight excluding hydrogens is 1550 g/mol. The number of pyridine rings is 1. The second-order valence-electron chi connectivity index (χ2n) is 33.9. The second-order valence-corrected chi connectivity index (χ2v) is 33.9. The first kappa shape index (κ1) is 71.5. The SMILES string of the molecule is N#Cc1ccc2c(c1)OC1=CC=CC3=C(c4ccc5cc(-c6ccc7ccc8c(-c9cccnc9)ccc9ccc6c7c98)ccc5c4)C=CC2C13.N#Cc1ccc2c(c1)Oc1cccc3c(-c4cc5ccc6cc(-c7ccccc7)cc7ccc(c4)c5c67)ccc-2c13.N#Cc1ccc2c(c1)Oc1cccc3c(-c4cc5ccc6cccc7ccc(c4)c5c67)ccc-2c13. The van der Waals surface area contributed by atoms with Gasteiger partial charge in [0.25, 0.3) is 0 Å². The van der Waals surface area contributed by atoms with Crippen LogP contribution in [0, 0.1) is 39.9 Å². The van der Waals surface area contributed by atoms with Crippen molar-refractivity contribution in [2.45, 2.75) is 5.92 Å². The van der Waals surface area contributed by atoms with Gasteiger partial charge in [-0.2, -0.15) is 15.8 Å². The highest BCUT2D eigenvalue weighted by Gasteiger charge is 2.40. The van der Waals surface area contributed by atoms with Crippen LogP contribution in [0.4, 0.5) is 0 Å². The summed E-state index contributed by atoms with van der Waals surface area (Å²) in [5, 5.41) is 58.2. The molecule has 4 heterocycles. The van der Waals surface area contributed by atoms with Gasteiger partial charge in [-0.05, 0) is 318 Å². The summed E-state index contributed by atoms with van der Waals surface area (Å²) in [5.41, 5.74) is 23.0. The average Bonchev–Trinajstić information content (AvgIpc) is 0.717. The first-order valence-corrected chi connectivity index (χ1v) is 43.0. The maximum Gasteiger partial charge on any atom is 0.136 e. The molecule has 22 aromatic carbocycles. The molecule has 3 aliphatic heterocycles. The molecule has 0 fully saturated rings. The molecule has 0 bridgehead atoms. The molecule has 1 aromatic heterocycles. The van der Waals surface area contributed by atoms with Gasteiger partial charge < -0.3 is 14.2 Å². The molecule has 0 spiro atoms. The molecule has 28 rings (SSSR count). The van der Waals surface area contributed by atoms with Gasteiger partial charge in [0.2, 0.25) is 0 Å². The van der Waals surface area contributed by atoms with Crippen molar-refractivity contribution in [1.29, 1.82) is 15.8 Å². The van der Waals surface area contributed by atoms with Crippen LogP contribution in [0.15, 0.2) is 400 Å². The van der Waals surface area contributed by atoms with Crippen molar-refractivity contribution in [1.82, 2.24) is 4.98 Å². The van der Waals surface area contributed by atoms with E-state index in [1.165, 1.54) is 180 Å². The summed E-state index contributed by atoms with van der Waals surface area (Å²) in [6.07, 6.45) is 14.8. The van der Waals surface area contributed by atoms with E-state index in [-0.39, 0.29) is 11.8 Å². The highest BCUT2D eigenvalue weighted by Crippen LogP contribution is 2.56. The molecule has 0 saturated carbocycles. The Bertz CT molecular complexity index is 8910. The van der Waals surface area contributed by atoms with Crippen LogP contribution in [0.5, 0.6) is 28.7 Å². The lowest BCUT2D eigenvalue weighted by molar-refractivity contribution is 0.320. The van der Waals surface area contributed by atoms with Gasteiger partial charge in [0.1, 0.15) is 34.5 Å². The van der Waals surface area contributed by atoms with E-state index in [0.29, 0.717) is 16.7 Å². The van der Waals surface area contributed by atoms with E-state index in [0.717, 1.165) is 84.0 Å². The molecule has 23 aromatic rings. The number of allylic oxidation sites excluding steroid dienone is 7. The summed E-state index contributed by atoms with van der Waals surface area (Å²) >= 11 is 0. The zero-order valence-electron chi connectivity index (χ0n) is 68.1. The first-order valence-electron chi connectivity index (χ1n) is 43.0. The van der Waals surface area contributed by atoms with Crippen molar-refractivity contribution in [2.24, 2.45) is 5.92 Å². The smallest absolute Gasteiger partial charge is 0.136 e. The van der Waals surface area contributed by atoms with Crippen molar-refractivity contribution >= 4 is 135 Å². The van der Waals surface area contributed by atoms with Crippen molar-refractivity contribution < 1.29 is 14.2 Å². The van der Waals surface area contributed by atoms with Crippen LogP contribution in [0.3, 0.4) is 0 Å². The van der Waals surface area contributed by atoms with Crippen LogP contribution < -0.4 is 14.2 Å². The number of nitriles is 3. The van der Waals surface area contributed by atoms with Crippen LogP contribution in [0.2, 0.25) is 0 Å². The van der Waals surface area contributed by atoms with E-state index in [9.17, 15) is 15.8 Å². The Hall–Kier alpha value is -17.3. The molecule has 584 valence electrons. The van der Waals surface area contributed by atoms with Crippen LogP contribution in [0.1, 0.15) is 33.7 Å². The Morgan fingerprint density at radius 2 is 0.677 bits per heavy atom. The molecular formula is C120H66N4O3. The number of fused-ring (bicyclic) bond motifs is 7. The largest absolute Gasteiger partial charge is 0.461 e. The van der Waals surface area contributed by atoms with Crippen molar-refractivity contribution in [2.75, 3.05) is 0 Å². The predicted octanol–water partition coefficient (Wildman–Crippen LogP) is 31.7. The van der Waals surface area contributed by atoms with Crippen LogP contribution in [-0.4, -0.2) is 4.98 Å². The Labute approximate surface area is 729 Å². The molecule has 2 atom stereocenters. The van der Waals surface area contributed by atoms with Gasteiger partial charge in [-0.15, -0.1) is 0 Å². The summed E-state index contributed by atoms with van der Waals surface area (Å²) in [6.45, 7) is 0. The van der Waals surface area contributed by atoms with Gasteiger partial charge in [-0.3, -0.25) is 4.98 Å². The van der Waals surface area contributed by atoms with E-state index in [4.69, 9.17) is 14.2 Å². The van der Waals surface area contributed by atoms with Gasteiger partial charge in [0.15, 0.2) is 0 Å². The molecule has 7 nitrogen and oxygen atoms in total. The van der Waals surface area contributed by atoms with Crippen molar-refractivity contribution in [3.63, 3.8) is 0 Å². The highest BCUT2D eigenvalue weighted by molar-refractivity contribution is 6.29. The highest BCUT2D eigenvalue weighted by atomic mass is 16.5. The Kier molecular flexibility index (Phi) is 15.7. The van der Waals surface area contributed by atoms with Gasteiger partial charge >= 0.3 is 0 Å². The fourth-order valence-corrected chi connectivity index (χ4v) is 21.4. The number of ether oxygens (including phenoxy) is 3. The van der Waals surface area contributed by atoms with Gasteiger partial charge in [-0.25, -0.2) is 0 Å². The molecule has 0 saturated heterocycles. The van der Waals surface area contributed by atoms with E-state index < -0.39 is 0 Å². The van der Waals surface area contributed by atoms with Gasteiger partial charge in [0, 0.05) is 51.3 Å². The minimum absolute atomic E-state index is 0.114. The van der Waals surface area contributed by atoms with Gasteiger partial charge in [0.05, 0.1) is 40.8 Å². The van der Waals surface area contributed by atoms with Crippen LogP contribution >= 0.6 is 0 Å². The molecule has 0 amide bonds. The standard InChI is InChI=1S/C48H28N2O.C39H21NO.C33H17NO/c49-26-28-6-15-39-43-21-20-37(40-4-1-5-44(48(40)43)51-45(39)23-28)34-10-8-31-24-33(9-7-32(31)25-34)36-16-11-29-14-19-42-38(35-3-2-22-50-27-35)17-12-30-13-18-41(36)46(29)47(30)42;40-22-23-9-14-32-34-16-15-31(33-7-4-8-35(39(33)34)41-36(32)17-23)30-20-27-12-10-25-18-29(24-5-2-1-3-6-24)19-26-11-13-28(21-30)38(27)37(25)26;34-18-19-7-12-26-28-14-13-25(27-5-2-6-29(33(27)28)35-30(26)15-19)24-16-22-10-8-20-3-1-4-21-9-11-23(17-24)32(22)31(20)21/h1-25,27,43,48H;1-21H;1-17H. The van der Waals surface area contributed by atoms with E-state index >= 15 is 0 Å². The quantitative estimate of drug-likeness (QED) is 0.152. The maximum atomic E-state index is 9.44. The van der Waals surface area contributed by atoms with Gasteiger partial charge in [-0.1, -0.05) is 255 Å². The Balaban J connectivity index is 0.000000103. The first-order chi connectivity index (χ1) is 62.7. The second kappa shape index (κ2) is 27.9. The summed E-state index contributed by atoms with van der Waals surface area (Å²) in [5.74, 6) is 5.14. The van der Waals surface area contributed by atoms with E-state index in [1.54, 1.807) is 0 Å². The minimum atomic E-state index is 0.114. The number of benzene rings is 22. The third-order valence-electron chi connectivity index (χ3n) is 27.1. The molecule has 0 N–H and O–H groups in total. The number of hydrogen-bond donors (Lipinski definition) is 0. The fourth-order valence-electron chi connectivity index (χ4n) is 21.4. The average molecular weight is 1610 g/mol. The summed E-state index contributed by atoms with van der Waals surface area (Å²) < 4.78 is 19.0. The summed E-state index contributed by atoms with van der Waals surface area (Å²) in [7, 11) is 0. The van der Waals surface area contributed by atoms with Crippen LogP contribution in [-0.2, 0) is 0 Å². The molecule has 2 aliphatic carbocycles. The normalized spacial score (nSPS) is 14.3. The fraction of sp³-hybridized carbons (Fsp3) is 0.0167. The summed E-state index contributed by atoms with van der Waals surface area (Å²) in [4.78, 5) is 4.40. The lowest BCUT2D eigenvalue weighted by atomic mass is 9.70.